The second-order valence-electron chi connectivity index (χ2n) is 7.08. The van der Waals surface area contributed by atoms with Crippen molar-refractivity contribution in [3.8, 4) is 11.5 Å². The number of benzene rings is 1. The summed E-state index contributed by atoms with van der Waals surface area (Å²) in [6.45, 7) is 4.93. The Kier molecular flexibility index (Phi) is 5.53. The van der Waals surface area contributed by atoms with Crippen molar-refractivity contribution >= 4 is 0 Å². The SMILES string of the molecule is COc1ccc(CN2CCC3(CC2)OCC[C@H](O)[C@@H]3O)c(OC)c1C. The van der Waals surface area contributed by atoms with Crippen LogP contribution in [-0.2, 0) is 11.3 Å². The van der Waals surface area contributed by atoms with Gasteiger partial charge in [0.05, 0.1) is 32.5 Å². The third kappa shape index (κ3) is 3.49. The number of aliphatic hydroxyl groups is 2. The van der Waals surface area contributed by atoms with E-state index >= 15 is 0 Å². The lowest BCUT2D eigenvalue weighted by Gasteiger charge is -2.48. The minimum absolute atomic E-state index is 0.509. The van der Waals surface area contributed by atoms with Gasteiger partial charge in [0.1, 0.15) is 17.6 Å². The van der Waals surface area contributed by atoms with Gasteiger partial charge in [-0.3, -0.25) is 4.90 Å². The fraction of sp³-hybridized carbons (Fsp3) is 0.684. The topological polar surface area (TPSA) is 71.4 Å². The zero-order valence-electron chi connectivity index (χ0n) is 15.3. The highest BCUT2D eigenvalue weighted by Gasteiger charge is 2.47. The van der Waals surface area contributed by atoms with Crippen LogP contribution in [0.2, 0.25) is 0 Å². The molecule has 2 aliphatic rings. The standard InChI is InChI=1S/C19H29NO5/c1-13-16(23-2)5-4-14(17(13)24-3)12-20-9-7-19(8-10-20)18(22)15(21)6-11-25-19/h4-5,15,18,21-22H,6-12H2,1-3H3/t15-,18-/m0/s1. The Labute approximate surface area is 149 Å². The number of hydrogen-bond acceptors (Lipinski definition) is 6. The van der Waals surface area contributed by atoms with Gasteiger partial charge in [-0.25, -0.2) is 0 Å². The third-order valence-corrected chi connectivity index (χ3v) is 5.66. The highest BCUT2D eigenvalue weighted by Crippen LogP contribution is 2.37. The van der Waals surface area contributed by atoms with Crippen LogP contribution in [0.5, 0.6) is 11.5 Å². The van der Waals surface area contributed by atoms with Gasteiger partial charge in [-0.15, -0.1) is 0 Å². The zero-order chi connectivity index (χ0) is 18.0. The fourth-order valence-corrected chi connectivity index (χ4v) is 4.11. The normalized spacial score (nSPS) is 26.6. The number of piperidine rings is 1. The van der Waals surface area contributed by atoms with Gasteiger partial charge in [-0.2, -0.15) is 0 Å². The van der Waals surface area contributed by atoms with Gasteiger partial charge in [-0.05, 0) is 32.3 Å². The van der Waals surface area contributed by atoms with Crippen molar-refractivity contribution in [1.82, 2.24) is 4.90 Å². The van der Waals surface area contributed by atoms with Crippen LogP contribution in [-0.4, -0.2) is 66.8 Å². The summed E-state index contributed by atoms with van der Waals surface area (Å²) in [4.78, 5) is 2.34. The maximum Gasteiger partial charge on any atom is 0.129 e. The summed E-state index contributed by atoms with van der Waals surface area (Å²) in [5, 5.41) is 20.4. The van der Waals surface area contributed by atoms with E-state index in [0.29, 0.717) is 13.0 Å². The van der Waals surface area contributed by atoms with Gasteiger partial charge in [0.15, 0.2) is 0 Å². The first-order chi connectivity index (χ1) is 12.0. The Hall–Kier alpha value is -1.34. The van der Waals surface area contributed by atoms with Crippen molar-refractivity contribution in [2.24, 2.45) is 0 Å². The fourth-order valence-electron chi connectivity index (χ4n) is 4.11. The predicted molar refractivity (Wildman–Crippen MR) is 94.1 cm³/mol. The molecule has 0 aliphatic carbocycles. The molecule has 2 aliphatic heterocycles. The van der Waals surface area contributed by atoms with E-state index in [9.17, 15) is 10.2 Å². The van der Waals surface area contributed by atoms with E-state index in [1.54, 1.807) is 14.2 Å². The monoisotopic (exact) mass is 351 g/mol. The lowest BCUT2D eigenvalue weighted by atomic mass is 9.80. The van der Waals surface area contributed by atoms with Crippen LogP contribution in [0.4, 0.5) is 0 Å². The Balaban J connectivity index is 1.68. The van der Waals surface area contributed by atoms with Crippen molar-refractivity contribution in [3.63, 3.8) is 0 Å². The molecule has 140 valence electrons. The first-order valence-electron chi connectivity index (χ1n) is 8.93. The molecular weight excluding hydrogens is 322 g/mol. The Morgan fingerprint density at radius 1 is 1.20 bits per heavy atom. The molecule has 0 aromatic heterocycles. The van der Waals surface area contributed by atoms with Crippen molar-refractivity contribution in [1.29, 1.82) is 0 Å². The Morgan fingerprint density at radius 2 is 1.92 bits per heavy atom. The highest BCUT2D eigenvalue weighted by molar-refractivity contribution is 5.49. The van der Waals surface area contributed by atoms with Crippen LogP contribution >= 0.6 is 0 Å². The van der Waals surface area contributed by atoms with Crippen LogP contribution in [0.25, 0.3) is 0 Å². The largest absolute Gasteiger partial charge is 0.496 e. The maximum absolute atomic E-state index is 10.4. The molecule has 6 heteroatoms. The average Bonchev–Trinajstić information content (AvgIpc) is 2.62. The lowest BCUT2D eigenvalue weighted by Crippen LogP contribution is -2.59. The third-order valence-electron chi connectivity index (χ3n) is 5.66. The van der Waals surface area contributed by atoms with E-state index in [1.807, 2.05) is 19.1 Å². The Morgan fingerprint density at radius 3 is 2.56 bits per heavy atom. The number of likely N-dealkylation sites (tertiary alicyclic amines) is 1. The number of hydrogen-bond donors (Lipinski definition) is 2. The molecule has 2 fully saturated rings. The van der Waals surface area contributed by atoms with E-state index < -0.39 is 17.8 Å². The predicted octanol–water partition coefficient (Wildman–Crippen LogP) is 1.49. The van der Waals surface area contributed by atoms with E-state index in [-0.39, 0.29) is 0 Å². The number of nitrogens with zero attached hydrogens (tertiary/aromatic N) is 1. The molecule has 0 saturated carbocycles. The molecule has 3 rings (SSSR count). The molecular formula is C19H29NO5. The molecule has 2 heterocycles. The van der Waals surface area contributed by atoms with Crippen LogP contribution in [0, 0.1) is 6.92 Å². The minimum atomic E-state index is -0.791. The molecule has 0 amide bonds. The van der Waals surface area contributed by atoms with E-state index in [2.05, 4.69) is 4.90 Å². The van der Waals surface area contributed by atoms with Gasteiger partial charge in [0.25, 0.3) is 0 Å². The number of ether oxygens (including phenoxy) is 3. The summed E-state index contributed by atoms with van der Waals surface area (Å²) < 4.78 is 16.9. The molecule has 1 aromatic rings. The molecule has 2 N–H and O–H groups in total. The highest BCUT2D eigenvalue weighted by atomic mass is 16.5. The van der Waals surface area contributed by atoms with Gasteiger partial charge >= 0.3 is 0 Å². The van der Waals surface area contributed by atoms with E-state index in [4.69, 9.17) is 14.2 Å². The molecule has 2 saturated heterocycles. The smallest absolute Gasteiger partial charge is 0.129 e. The summed E-state index contributed by atoms with van der Waals surface area (Å²) in [6.07, 6.45) is 0.492. The molecule has 6 nitrogen and oxygen atoms in total. The van der Waals surface area contributed by atoms with Gasteiger partial charge in [0, 0.05) is 30.8 Å². The van der Waals surface area contributed by atoms with Crippen LogP contribution in [0.1, 0.15) is 30.4 Å². The molecule has 0 bridgehead atoms. The molecule has 0 unspecified atom stereocenters. The first-order valence-corrected chi connectivity index (χ1v) is 8.93. The number of aliphatic hydroxyl groups excluding tert-OH is 2. The summed E-state index contributed by atoms with van der Waals surface area (Å²) >= 11 is 0. The summed E-state index contributed by atoms with van der Waals surface area (Å²) in [6, 6.07) is 4.02. The van der Waals surface area contributed by atoms with Crippen molar-refractivity contribution in [3.05, 3.63) is 23.3 Å². The maximum atomic E-state index is 10.4. The van der Waals surface area contributed by atoms with Crippen LogP contribution < -0.4 is 9.47 Å². The molecule has 1 spiro atoms. The Bertz CT molecular complexity index is 598. The van der Waals surface area contributed by atoms with Gasteiger partial charge < -0.3 is 24.4 Å². The van der Waals surface area contributed by atoms with E-state index in [1.165, 1.54) is 0 Å². The average molecular weight is 351 g/mol. The lowest BCUT2D eigenvalue weighted by molar-refractivity contribution is -0.214. The van der Waals surface area contributed by atoms with Crippen molar-refractivity contribution in [2.75, 3.05) is 33.9 Å². The summed E-state index contributed by atoms with van der Waals surface area (Å²) in [7, 11) is 3.35. The van der Waals surface area contributed by atoms with Crippen molar-refractivity contribution < 1.29 is 24.4 Å². The van der Waals surface area contributed by atoms with Crippen LogP contribution in [0.15, 0.2) is 12.1 Å². The van der Waals surface area contributed by atoms with Gasteiger partial charge in [0.2, 0.25) is 0 Å². The molecule has 1 aromatic carbocycles. The quantitative estimate of drug-likeness (QED) is 0.856. The number of methoxy groups -OCH3 is 2. The molecule has 25 heavy (non-hydrogen) atoms. The summed E-state index contributed by atoms with van der Waals surface area (Å²) in [5.74, 6) is 1.69. The summed E-state index contributed by atoms with van der Waals surface area (Å²) in [5.41, 5.74) is 1.54. The molecule has 0 radical (unpaired) electrons. The minimum Gasteiger partial charge on any atom is -0.496 e. The first kappa shape index (κ1) is 18.5. The zero-order valence-corrected chi connectivity index (χ0v) is 15.3. The second kappa shape index (κ2) is 7.50. The van der Waals surface area contributed by atoms with Crippen molar-refractivity contribution in [2.45, 2.75) is 50.5 Å². The second-order valence-corrected chi connectivity index (χ2v) is 7.08. The van der Waals surface area contributed by atoms with Crippen LogP contribution in [0.3, 0.4) is 0 Å². The molecule has 2 atom stereocenters. The van der Waals surface area contributed by atoms with E-state index in [0.717, 1.165) is 55.1 Å². The van der Waals surface area contributed by atoms with Gasteiger partial charge in [-0.1, -0.05) is 6.07 Å². The number of rotatable bonds is 4.